The van der Waals surface area contributed by atoms with Crippen LogP contribution in [-0.2, 0) is 36.2 Å². The summed E-state index contributed by atoms with van der Waals surface area (Å²) in [6.07, 6.45) is 0. The fraction of sp³-hybridized carbons (Fsp3) is 0.263. The van der Waals surface area contributed by atoms with Crippen molar-refractivity contribution >= 4 is 31.9 Å². The van der Waals surface area contributed by atoms with Crippen molar-refractivity contribution in [3.05, 3.63) is 59.7 Å². The highest BCUT2D eigenvalue weighted by molar-refractivity contribution is 7.90. The van der Waals surface area contributed by atoms with Crippen LogP contribution in [0.2, 0.25) is 0 Å². The van der Waals surface area contributed by atoms with Crippen LogP contribution in [0.15, 0.2) is 63.3 Å². The molecule has 2 aromatic carbocycles. The van der Waals surface area contributed by atoms with Gasteiger partial charge in [0.25, 0.3) is 10.0 Å². The van der Waals surface area contributed by atoms with Gasteiger partial charge in [0.2, 0.25) is 10.0 Å². The second-order valence-electron chi connectivity index (χ2n) is 6.80. The van der Waals surface area contributed by atoms with Crippen molar-refractivity contribution in [1.29, 1.82) is 0 Å². The number of ether oxygens (including phenoxy) is 1. The summed E-state index contributed by atoms with van der Waals surface area (Å²) in [5, 5.41) is 0. The molecule has 1 N–H and O–H groups in total. The highest BCUT2D eigenvalue weighted by Crippen LogP contribution is 2.22. The topological polar surface area (TPSA) is 122 Å². The highest BCUT2D eigenvalue weighted by atomic mass is 32.2. The molecule has 3 rings (SSSR count). The molecule has 160 valence electrons. The van der Waals surface area contributed by atoms with Crippen molar-refractivity contribution in [2.24, 2.45) is 4.99 Å². The molecule has 0 fully saturated rings. The Bertz CT molecular complexity index is 1220. The van der Waals surface area contributed by atoms with Gasteiger partial charge in [0.05, 0.1) is 9.79 Å². The second-order valence-corrected chi connectivity index (χ2v) is 10.6. The van der Waals surface area contributed by atoms with E-state index in [1.165, 1.54) is 39.2 Å². The molecule has 9 nitrogen and oxygen atoms in total. The first-order chi connectivity index (χ1) is 14.0. The van der Waals surface area contributed by atoms with E-state index in [2.05, 4.69) is 9.71 Å². The summed E-state index contributed by atoms with van der Waals surface area (Å²) in [5.74, 6) is -0.596. The third-order valence-electron chi connectivity index (χ3n) is 4.38. The summed E-state index contributed by atoms with van der Waals surface area (Å²) in [4.78, 5) is 16.7. The lowest BCUT2D eigenvalue weighted by Crippen LogP contribution is -2.26. The molecule has 0 aliphatic carbocycles. The van der Waals surface area contributed by atoms with E-state index >= 15 is 0 Å². The lowest BCUT2D eigenvalue weighted by Gasteiger charge is -2.13. The minimum absolute atomic E-state index is 0.0779. The predicted molar refractivity (Wildman–Crippen MR) is 110 cm³/mol. The zero-order chi connectivity index (χ0) is 22.1. The molecule has 2 aromatic rings. The number of carbonyl (C=O) groups excluding carboxylic acids is 1. The average Bonchev–Trinajstić information content (AvgIpc) is 2.96. The molecule has 1 heterocycles. The van der Waals surface area contributed by atoms with E-state index in [1.54, 1.807) is 30.3 Å². The molecular formula is C19H21N3O6S2. The maximum atomic E-state index is 12.3. The van der Waals surface area contributed by atoms with Gasteiger partial charge in [-0.2, -0.15) is 0 Å². The van der Waals surface area contributed by atoms with E-state index in [4.69, 9.17) is 4.74 Å². The molecular weight excluding hydrogens is 430 g/mol. The molecule has 1 atom stereocenters. The minimum Gasteiger partial charge on any atom is -0.459 e. The quantitative estimate of drug-likeness (QED) is 0.657. The van der Waals surface area contributed by atoms with E-state index in [1.807, 2.05) is 0 Å². The number of carbonyl (C=O) groups is 1. The van der Waals surface area contributed by atoms with Crippen molar-refractivity contribution in [2.45, 2.75) is 29.4 Å². The lowest BCUT2D eigenvalue weighted by atomic mass is 10.2. The van der Waals surface area contributed by atoms with E-state index in [0.717, 1.165) is 4.31 Å². The number of hydrogen-bond donors (Lipinski definition) is 1. The van der Waals surface area contributed by atoms with Gasteiger partial charge in [-0.3, -0.25) is 9.71 Å². The Balaban J connectivity index is 1.72. The molecule has 0 amide bonds. The molecule has 0 radical (unpaired) electrons. The second kappa shape index (κ2) is 8.17. The number of amidine groups is 1. The normalized spacial score (nSPS) is 17.4. The van der Waals surface area contributed by atoms with Crippen LogP contribution in [0.4, 0.5) is 0 Å². The monoisotopic (exact) mass is 451 g/mol. The fourth-order valence-electron chi connectivity index (χ4n) is 2.76. The maximum absolute atomic E-state index is 12.3. The van der Waals surface area contributed by atoms with Gasteiger partial charge in [0.15, 0.2) is 0 Å². The number of sulfonamides is 2. The number of nitrogens with one attached hydrogen (secondary N) is 1. The summed E-state index contributed by atoms with van der Waals surface area (Å²) in [5.41, 5.74) is 0.886. The summed E-state index contributed by atoms with van der Waals surface area (Å²) in [7, 11) is -4.45. The van der Waals surface area contributed by atoms with Crippen LogP contribution in [-0.4, -0.2) is 53.1 Å². The minimum atomic E-state index is -3.70. The Kier molecular flexibility index (Phi) is 5.97. The average molecular weight is 452 g/mol. The SMILES string of the molecule is CC(N=C1NS(=O)(=O)c2ccccc21)C(=O)OCc1cccc(S(=O)(=O)N(C)C)c1. The van der Waals surface area contributed by atoms with Gasteiger partial charge >= 0.3 is 5.97 Å². The number of aliphatic imine (C=N–C) groups is 1. The van der Waals surface area contributed by atoms with Crippen LogP contribution in [0.5, 0.6) is 0 Å². The molecule has 0 bridgehead atoms. The molecule has 1 aliphatic heterocycles. The largest absolute Gasteiger partial charge is 0.459 e. The van der Waals surface area contributed by atoms with Crippen molar-refractivity contribution in [3.8, 4) is 0 Å². The fourth-order valence-corrected chi connectivity index (χ4v) is 4.97. The van der Waals surface area contributed by atoms with Gasteiger partial charge in [-0.05, 0) is 36.8 Å². The van der Waals surface area contributed by atoms with Crippen molar-refractivity contribution in [2.75, 3.05) is 14.1 Å². The molecule has 0 aromatic heterocycles. The Morgan fingerprint density at radius 3 is 2.57 bits per heavy atom. The molecule has 11 heteroatoms. The summed E-state index contributed by atoms with van der Waals surface area (Å²) < 4.78 is 57.4. The van der Waals surface area contributed by atoms with Crippen LogP contribution in [0.3, 0.4) is 0 Å². The maximum Gasteiger partial charge on any atom is 0.330 e. The van der Waals surface area contributed by atoms with E-state index in [0.29, 0.717) is 11.1 Å². The molecule has 0 saturated carbocycles. The van der Waals surface area contributed by atoms with Gasteiger partial charge in [0.1, 0.15) is 18.5 Å². The third kappa shape index (κ3) is 4.37. The van der Waals surface area contributed by atoms with Gasteiger partial charge in [-0.15, -0.1) is 0 Å². The summed E-state index contributed by atoms with van der Waals surface area (Å²) in [6, 6.07) is 11.4. The first kappa shape index (κ1) is 21.9. The first-order valence-corrected chi connectivity index (χ1v) is 11.8. The number of esters is 1. The number of nitrogens with zero attached hydrogens (tertiary/aromatic N) is 2. The third-order valence-corrected chi connectivity index (χ3v) is 7.59. The van der Waals surface area contributed by atoms with Gasteiger partial charge in [-0.25, -0.2) is 25.9 Å². The molecule has 30 heavy (non-hydrogen) atoms. The Labute approximate surface area is 175 Å². The van der Waals surface area contributed by atoms with Gasteiger partial charge in [0, 0.05) is 19.7 Å². The number of fused-ring (bicyclic) bond motifs is 1. The van der Waals surface area contributed by atoms with Crippen molar-refractivity contribution in [3.63, 3.8) is 0 Å². The molecule has 0 spiro atoms. The Morgan fingerprint density at radius 1 is 1.17 bits per heavy atom. The predicted octanol–water partition coefficient (Wildman–Crippen LogP) is 1.11. The van der Waals surface area contributed by atoms with Crippen LogP contribution < -0.4 is 4.72 Å². The van der Waals surface area contributed by atoms with Gasteiger partial charge < -0.3 is 4.74 Å². The van der Waals surface area contributed by atoms with Crippen molar-refractivity contribution < 1.29 is 26.4 Å². The standard InChI is InChI=1S/C19H21N3O6S2/c1-13(20-18-16-9-4-5-10-17(16)29(24,25)21-18)19(23)28-12-14-7-6-8-15(11-14)30(26,27)22(2)3/h4-11,13H,12H2,1-3H3,(H,20,21). The zero-order valence-electron chi connectivity index (χ0n) is 16.6. The molecule has 1 aliphatic rings. The number of rotatable bonds is 6. The van der Waals surface area contributed by atoms with Crippen molar-refractivity contribution in [1.82, 2.24) is 9.03 Å². The van der Waals surface area contributed by atoms with E-state index in [9.17, 15) is 21.6 Å². The first-order valence-electron chi connectivity index (χ1n) is 8.90. The summed E-state index contributed by atoms with van der Waals surface area (Å²) >= 11 is 0. The van der Waals surface area contributed by atoms with E-state index < -0.39 is 32.1 Å². The van der Waals surface area contributed by atoms with Crippen LogP contribution >= 0.6 is 0 Å². The molecule has 0 saturated heterocycles. The smallest absolute Gasteiger partial charge is 0.330 e. The Morgan fingerprint density at radius 2 is 1.87 bits per heavy atom. The van der Waals surface area contributed by atoms with E-state index in [-0.39, 0.29) is 22.2 Å². The van der Waals surface area contributed by atoms with Gasteiger partial charge in [-0.1, -0.05) is 24.3 Å². The molecule has 1 unspecified atom stereocenters. The number of benzene rings is 2. The zero-order valence-corrected chi connectivity index (χ0v) is 18.2. The summed E-state index contributed by atoms with van der Waals surface area (Å²) in [6.45, 7) is 1.34. The van der Waals surface area contributed by atoms with Crippen LogP contribution in [0.25, 0.3) is 0 Å². The van der Waals surface area contributed by atoms with Crippen LogP contribution in [0.1, 0.15) is 18.1 Å². The number of hydrogen-bond acceptors (Lipinski definition) is 7. The van der Waals surface area contributed by atoms with Crippen LogP contribution in [0, 0.1) is 0 Å². The Hall–Kier alpha value is -2.76. The lowest BCUT2D eigenvalue weighted by molar-refractivity contribution is -0.146. The highest BCUT2D eigenvalue weighted by Gasteiger charge is 2.31.